The van der Waals surface area contributed by atoms with E-state index in [1.54, 1.807) is 12.1 Å². The van der Waals surface area contributed by atoms with Crippen molar-refractivity contribution in [3.05, 3.63) is 22.7 Å². The first-order valence-electron chi connectivity index (χ1n) is 5.62. The molecule has 0 unspecified atom stereocenters. The van der Waals surface area contributed by atoms with Gasteiger partial charge in [-0.1, -0.05) is 15.9 Å². The van der Waals surface area contributed by atoms with E-state index in [0.29, 0.717) is 11.4 Å². The Bertz CT molecular complexity index is 417. The van der Waals surface area contributed by atoms with Crippen LogP contribution in [0.15, 0.2) is 22.7 Å². The molecular formula is C12H15BrN2O2. The normalized spacial score (nSPS) is 15.0. The Labute approximate surface area is 109 Å². The van der Waals surface area contributed by atoms with Crippen molar-refractivity contribution in [2.75, 3.05) is 25.4 Å². The van der Waals surface area contributed by atoms with Crippen LogP contribution in [0, 0.1) is 0 Å². The number of hydrogen-bond donors (Lipinski definition) is 1. The molecule has 17 heavy (non-hydrogen) atoms. The number of carbonyl (C=O) groups is 1. The third kappa shape index (κ3) is 3.12. The van der Waals surface area contributed by atoms with E-state index in [4.69, 9.17) is 10.5 Å². The van der Waals surface area contributed by atoms with Gasteiger partial charge in [-0.05, 0) is 31.0 Å². The zero-order valence-electron chi connectivity index (χ0n) is 9.49. The number of nitrogens with zero attached hydrogens (tertiary/aromatic N) is 1. The highest BCUT2D eigenvalue weighted by molar-refractivity contribution is 9.10. The Morgan fingerprint density at radius 1 is 1.41 bits per heavy atom. The molecule has 4 nitrogen and oxygen atoms in total. The van der Waals surface area contributed by atoms with E-state index in [0.717, 1.165) is 30.4 Å². The van der Waals surface area contributed by atoms with Crippen LogP contribution in [-0.4, -0.2) is 30.5 Å². The average molecular weight is 299 g/mol. The molecular weight excluding hydrogens is 284 g/mol. The van der Waals surface area contributed by atoms with Crippen LogP contribution < -0.4 is 10.5 Å². The molecule has 1 aliphatic rings. The monoisotopic (exact) mass is 298 g/mol. The fourth-order valence-corrected chi connectivity index (χ4v) is 2.23. The topological polar surface area (TPSA) is 55.6 Å². The first kappa shape index (κ1) is 12.2. The molecule has 0 radical (unpaired) electrons. The van der Waals surface area contributed by atoms with Crippen molar-refractivity contribution in [2.45, 2.75) is 12.8 Å². The summed E-state index contributed by atoms with van der Waals surface area (Å²) < 4.78 is 6.33. The molecule has 2 rings (SSSR count). The Morgan fingerprint density at radius 2 is 2.12 bits per heavy atom. The molecule has 0 atom stereocenters. The fourth-order valence-electron chi connectivity index (χ4n) is 1.85. The molecule has 1 aliphatic heterocycles. The first-order valence-corrected chi connectivity index (χ1v) is 6.42. The van der Waals surface area contributed by atoms with Crippen molar-refractivity contribution in [2.24, 2.45) is 0 Å². The number of halogens is 1. The summed E-state index contributed by atoms with van der Waals surface area (Å²) >= 11 is 3.32. The van der Waals surface area contributed by atoms with Crippen LogP contribution in [-0.2, 0) is 4.79 Å². The number of amides is 1. The summed E-state index contributed by atoms with van der Waals surface area (Å²) in [4.78, 5) is 13.6. The zero-order valence-corrected chi connectivity index (χ0v) is 11.1. The number of nitrogen functional groups attached to an aromatic ring is 1. The molecule has 1 amide bonds. The highest BCUT2D eigenvalue weighted by atomic mass is 79.9. The summed E-state index contributed by atoms with van der Waals surface area (Å²) in [5, 5.41) is 0. The summed E-state index contributed by atoms with van der Waals surface area (Å²) in [7, 11) is 0. The number of ether oxygens (including phenoxy) is 1. The zero-order chi connectivity index (χ0) is 12.3. The molecule has 0 aliphatic carbocycles. The van der Waals surface area contributed by atoms with Gasteiger partial charge in [0.15, 0.2) is 6.61 Å². The number of anilines is 1. The Morgan fingerprint density at radius 3 is 2.76 bits per heavy atom. The average Bonchev–Trinajstić information content (AvgIpc) is 2.81. The molecule has 1 aromatic carbocycles. The molecule has 0 spiro atoms. The van der Waals surface area contributed by atoms with Crippen molar-refractivity contribution >= 4 is 27.5 Å². The number of likely N-dealkylation sites (tertiary alicyclic amines) is 1. The number of nitrogens with two attached hydrogens (primary N) is 1. The van der Waals surface area contributed by atoms with E-state index >= 15 is 0 Å². The maximum atomic E-state index is 11.7. The van der Waals surface area contributed by atoms with Crippen LogP contribution in [0.25, 0.3) is 0 Å². The van der Waals surface area contributed by atoms with Crippen LogP contribution in [0.1, 0.15) is 12.8 Å². The third-order valence-electron chi connectivity index (χ3n) is 2.78. The Kier molecular flexibility index (Phi) is 3.89. The third-order valence-corrected chi connectivity index (χ3v) is 3.28. The van der Waals surface area contributed by atoms with Crippen molar-refractivity contribution in [3.8, 4) is 5.75 Å². The van der Waals surface area contributed by atoms with Crippen molar-refractivity contribution in [3.63, 3.8) is 0 Å². The van der Waals surface area contributed by atoms with Crippen molar-refractivity contribution < 1.29 is 9.53 Å². The smallest absolute Gasteiger partial charge is 0.260 e. The minimum atomic E-state index is 0.0322. The Balaban J connectivity index is 1.90. The molecule has 2 N–H and O–H groups in total. The second-order valence-electron chi connectivity index (χ2n) is 4.06. The molecule has 5 heteroatoms. The van der Waals surface area contributed by atoms with Gasteiger partial charge in [0.2, 0.25) is 0 Å². The summed E-state index contributed by atoms with van der Waals surface area (Å²) in [5.41, 5.74) is 6.32. The van der Waals surface area contributed by atoms with Gasteiger partial charge in [0.25, 0.3) is 5.91 Å². The summed E-state index contributed by atoms with van der Waals surface area (Å²) in [6, 6.07) is 5.36. The van der Waals surface area contributed by atoms with Gasteiger partial charge in [-0.2, -0.15) is 0 Å². The summed E-state index contributed by atoms with van der Waals surface area (Å²) in [6.45, 7) is 1.75. The lowest BCUT2D eigenvalue weighted by Gasteiger charge is -2.16. The van der Waals surface area contributed by atoms with E-state index in [1.165, 1.54) is 0 Å². The van der Waals surface area contributed by atoms with Crippen LogP contribution in [0.2, 0.25) is 0 Å². The standard InChI is InChI=1S/C12H15BrN2O2/c13-9-3-4-11(10(14)7-9)17-8-12(16)15-5-1-2-6-15/h3-4,7H,1-2,5-6,8,14H2. The SMILES string of the molecule is Nc1cc(Br)ccc1OCC(=O)N1CCCC1. The summed E-state index contributed by atoms with van der Waals surface area (Å²) in [6.07, 6.45) is 2.18. The van der Waals surface area contributed by atoms with E-state index < -0.39 is 0 Å². The number of carbonyl (C=O) groups excluding carboxylic acids is 1. The van der Waals surface area contributed by atoms with E-state index in [2.05, 4.69) is 15.9 Å². The highest BCUT2D eigenvalue weighted by Gasteiger charge is 2.18. The minimum Gasteiger partial charge on any atom is -0.482 e. The lowest BCUT2D eigenvalue weighted by Crippen LogP contribution is -2.32. The largest absolute Gasteiger partial charge is 0.482 e. The molecule has 1 fully saturated rings. The minimum absolute atomic E-state index is 0.0322. The van der Waals surface area contributed by atoms with Gasteiger partial charge in [0.05, 0.1) is 5.69 Å². The molecule has 1 aromatic rings. The van der Waals surface area contributed by atoms with Gasteiger partial charge in [-0.3, -0.25) is 4.79 Å². The van der Waals surface area contributed by atoms with Gasteiger partial charge < -0.3 is 15.4 Å². The summed E-state index contributed by atoms with van der Waals surface area (Å²) in [5.74, 6) is 0.588. The van der Waals surface area contributed by atoms with Crippen LogP contribution in [0.4, 0.5) is 5.69 Å². The molecule has 0 saturated carbocycles. The maximum Gasteiger partial charge on any atom is 0.260 e. The van der Waals surface area contributed by atoms with Gasteiger partial charge in [0.1, 0.15) is 5.75 Å². The maximum absolute atomic E-state index is 11.7. The van der Waals surface area contributed by atoms with Crippen LogP contribution in [0.5, 0.6) is 5.75 Å². The fraction of sp³-hybridized carbons (Fsp3) is 0.417. The molecule has 1 saturated heterocycles. The molecule has 0 bridgehead atoms. The van der Waals surface area contributed by atoms with E-state index in [1.807, 2.05) is 11.0 Å². The second-order valence-corrected chi connectivity index (χ2v) is 4.97. The molecule has 0 aromatic heterocycles. The van der Waals surface area contributed by atoms with Gasteiger partial charge >= 0.3 is 0 Å². The first-order chi connectivity index (χ1) is 8.16. The quantitative estimate of drug-likeness (QED) is 0.869. The molecule has 1 heterocycles. The van der Waals surface area contributed by atoms with Crippen molar-refractivity contribution in [1.29, 1.82) is 0 Å². The van der Waals surface area contributed by atoms with Gasteiger partial charge in [-0.15, -0.1) is 0 Å². The highest BCUT2D eigenvalue weighted by Crippen LogP contribution is 2.25. The predicted octanol–water partition coefficient (Wildman–Crippen LogP) is 2.03. The number of rotatable bonds is 3. The van der Waals surface area contributed by atoms with Crippen LogP contribution >= 0.6 is 15.9 Å². The second kappa shape index (κ2) is 5.40. The number of benzene rings is 1. The lowest BCUT2D eigenvalue weighted by molar-refractivity contribution is -0.132. The van der Waals surface area contributed by atoms with Crippen molar-refractivity contribution in [1.82, 2.24) is 4.90 Å². The molecule has 92 valence electrons. The lowest BCUT2D eigenvalue weighted by atomic mass is 10.3. The van der Waals surface area contributed by atoms with Gasteiger partial charge in [0, 0.05) is 17.6 Å². The van der Waals surface area contributed by atoms with E-state index in [-0.39, 0.29) is 12.5 Å². The van der Waals surface area contributed by atoms with Crippen LogP contribution in [0.3, 0.4) is 0 Å². The van der Waals surface area contributed by atoms with E-state index in [9.17, 15) is 4.79 Å². The number of hydrogen-bond acceptors (Lipinski definition) is 3. The Hall–Kier alpha value is -1.23. The van der Waals surface area contributed by atoms with Gasteiger partial charge in [-0.25, -0.2) is 0 Å². The predicted molar refractivity (Wildman–Crippen MR) is 69.9 cm³/mol.